The molecule has 0 spiro atoms. The van der Waals surface area contributed by atoms with Crippen LogP contribution in [-0.4, -0.2) is 83.5 Å². The Bertz CT molecular complexity index is 227. The van der Waals surface area contributed by atoms with Gasteiger partial charge in [-0.1, -0.05) is 0 Å². The molecule has 23 heavy (non-hydrogen) atoms. The van der Waals surface area contributed by atoms with Crippen LogP contribution in [0.25, 0.3) is 0 Å². The first-order valence-electron chi connectivity index (χ1n) is 9.00. The molecule has 7 nitrogen and oxygen atoms in total. The normalized spacial score (nSPS) is 13.0. The summed E-state index contributed by atoms with van der Waals surface area (Å²) in [6, 6.07) is 0. The molecule has 0 aromatic heterocycles. The summed E-state index contributed by atoms with van der Waals surface area (Å²) in [4.78, 5) is 0. The SMILES string of the molecule is CC(C)O[PH](CCNCCN)(CCNCCN)CCNCCN. The van der Waals surface area contributed by atoms with E-state index in [0.717, 1.165) is 57.8 Å². The maximum atomic E-state index is 6.50. The predicted octanol–water partition coefficient (Wildman–Crippen LogP) is -1.28. The van der Waals surface area contributed by atoms with Gasteiger partial charge in [0.2, 0.25) is 0 Å². The van der Waals surface area contributed by atoms with Crippen LogP contribution in [0, 0.1) is 0 Å². The van der Waals surface area contributed by atoms with Crippen molar-refractivity contribution in [3.63, 3.8) is 0 Å². The van der Waals surface area contributed by atoms with Crippen molar-refractivity contribution < 1.29 is 4.52 Å². The molecule has 0 aliphatic heterocycles. The van der Waals surface area contributed by atoms with Crippen molar-refractivity contribution in [3.05, 3.63) is 0 Å². The summed E-state index contributed by atoms with van der Waals surface area (Å²) in [6.45, 7) is 11.8. The molecule has 0 aliphatic carbocycles. The van der Waals surface area contributed by atoms with Gasteiger partial charge >= 0.3 is 143 Å². The number of hydrogen-bond acceptors (Lipinski definition) is 7. The molecular weight excluding hydrogens is 311 g/mol. The van der Waals surface area contributed by atoms with Crippen LogP contribution in [-0.2, 0) is 4.52 Å². The predicted molar refractivity (Wildman–Crippen MR) is 105 cm³/mol. The van der Waals surface area contributed by atoms with Gasteiger partial charge in [0.1, 0.15) is 0 Å². The molecule has 0 atom stereocenters. The van der Waals surface area contributed by atoms with Crippen molar-refractivity contribution in [3.8, 4) is 0 Å². The molecular formula is C15H41N6OP. The van der Waals surface area contributed by atoms with Crippen LogP contribution < -0.4 is 33.2 Å². The summed E-state index contributed by atoms with van der Waals surface area (Å²) in [5.41, 5.74) is 16.7. The first kappa shape index (κ1) is 23.1. The van der Waals surface area contributed by atoms with Crippen LogP contribution in [0.1, 0.15) is 13.8 Å². The zero-order valence-electron chi connectivity index (χ0n) is 15.2. The van der Waals surface area contributed by atoms with Crippen molar-refractivity contribution in [2.24, 2.45) is 17.2 Å². The molecule has 0 aliphatic rings. The summed E-state index contributed by atoms with van der Waals surface area (Å²) < 4.78 is 6.50. The van der Waals surface area contributed by atoms with Crippen molar-refractivity contribution in [1.82, 2.24) is 16.0 Å². The Kier molecular flexibility index (Phi) is 15.8. The average molecular weight is 353 g/mol. The Hall–Kier alpha value is 0.150. The average Bonchev–Trinajstić information content (AvgIpc) is 2.52. The van der Waals surface area contributed by atoms with Gasteiger partial charge in [-0.2, -0.15) is 0 Å². The van der Waals surface area contributed by atoms with E-state index in [2.05, 4.69) is 29.8 Å². The van der Waals surface area contributed by atoms with Crippen LogP contribution in [0.5, 0.6) is 0 Å². The molecule has 0 aromatic rings. The molecule has 0 rings (SSSR count). The van der Waals surface area contributed by atoms with Gasteiger partial charge in [-0.05, 0) is 0 Å². The van der Waals surface area contributed by atoms with Crippen molar-refractivity contribution in [2.75, 3.05) is 77.4 Å². The van der Waals surface area contributed by atoms with Gasteiger partial charge in [-0.3, -0.25) is 0 Å². The van der Waals surface area contributed by atoms with E-state index in [0.29, 0.717) is 19.6 Å². The number of nitrogens with two attached hydrogens (primary N) is 3. The molecule has 0 fully saturated rings. The maximum absolute atomic E-state index is 6.50. The van der Waals surface area contributed by atoms with E-state index in [9.17, 15) is 0 Å². The van der Waals surface area contributed by atoms with Gasteiger partial charge in [0.15, 0.2) is 0 Å². The van der Waals surface area contributed by atoms with Crippen LogP contribution in [0.3, 0.4) is 0 Å². The Morgan fingerprint density at radius 2 is 1.04 bits per heavy atom. The van der Waals surface area contributed by atoms with E-state index >= 15 is 0 Å². The standard InChI is InChI=1S/C15H41N6OP/c1-15(2)22-23(12-9-19-6-3-16,13-10-20-7-4-17)14-11-21-8-5-18/h15,19-21,23H,3-14,16-18H2,1-2H3. The zero-order valence-corrected chi connectivity index (χ0v) is 16.2. The second kappa shape index (κ2) is 15.7. The van der Waals surface area contributed by atoms with Crippen LogP contribution in [0.15, 0.2) is 0 Å². The second-order valence-corrected chi connectivity index (χ2v) is 10.3. The fourth-order valence-corrected chi connectivity index (χ4v) is 6.68. The Morgan fingerprint density at radius 3 is 1.30 bits per heavy atom. The quantitative estimate of drug-likeness (QED) is 0.142. The fraction of sp³-hybridized carbons (Fsp3) is 1.00. The Labute approximate surface area is 143 Å². The first-order chi connectivity index (χ1) is 11.1. The molecule has 8 heteroatoms. The summed E-state index contributed by atoms with van der Waals surface area (Å²) in [5, 5.41) is 10.2. The number of hydrogen-bond donors (Lipinski definition) is 6. The minimum absolute atomic E-state index is 0.264. The third kappa shape index (κ3) is 13.2. The molecule has 0 unspecified atom stereocenters. The fourth-order valence-electron chi connectivity index (χ4n) is 2.68. The van der Waals surface area contributed by atoms with Gasteiger partial charge in [0.25, 0.3) is 0 Å². The van der Waals surface area contributed by atoms with Crippen LogP contribution in [0.4, 0.5) is 0 Å². The molecule has 0 amide bonds. The third-order valence-electron chi connectivity index (χ3n) is 3.72. The molecule has 0 saturated heterocycles. The molecule has 0 bridgehead atoms. The number of rotatable bonds is 17. The van der Waals surface area contributed by atoms with E-state index in [-0.39, 0.29) is 6.10 Å². The van der Waals surface area contributed by atoms with Gasteiger partial charge < -0.3 is 0 Å². The zero-order chi connectivity index (χ0) is 17.4. The summed E-state index contributed by atoms with van der Waals surface area (Å²) in [6.07, 6.45) is 3.60. The van der Waals surface area contributed by atoms with Crippen LogP contribution >= 0.6 is 7.49 Å². The van der Waals surface area contributed by atoms with E-state index in [4.69, 9.17) is 21.7 Å². The molecule has 9 N–H and O–H groups in total. The molecule has 0 heterocycles. The van der Waals surface area contributed by atoms with E-state index in [1.807, 2.05) is 0 Å². The minimum atomic E-state index is -1.82. The van der Waals surface area contributed by atoms with Gasteiger partial charge in [-0.25, -0.2) is 0 Å². The third-order valence-corrected chi connectivity index (χ3v) is 8.18. The van der Waals surface area contributed by atoms with Gasteiger partial charge in [0.05, 0.1) is 0 Å². The summed E-state index contributed by atoms with van der Waals surface area (Å²) in [7, 11) is -1.82. The topological polar surface area (TPSA) is 123 Å². The van der Waals surface area contributed by atoms with Crippen molar-refractivity contribution in [2.45, 2.75) is 20.0 Å². The molecule has 0 radical (unpaired) electrons. The van der Waals surface area contributed by atoms with E-state index in [1.165, 1.54) is 0 Å². The molecule has 0 saturated carbocycles. The summed E-state index contributed by atoms with van der Waals surface area (Å²) >= 11 is 0. The molecule has 0 aromatic carbocycles. The van der Waals surface area contributed by atoms with E-state index < -0.39 is 7.49 Å². The van der Waals surface area contributed by atoms with Crippen molar-refractivity contribution >= 4 is 7.49 Å². The summed E-state index contributed by atoms with van der Waals surface area (Å²) in [5.74, 6) is 0. The molecule has 142 valence electrons. The Balaban J connectivity index is 4.58. The van der Waals surface area contributed by atoms with Gasteiger partial charge in [-0.15, -0.1) is 0 Å². The van der Waals surface area contributed by atoms with E-state index in [1.54, 1.807) is 0 Å². The van der Waals surface area contributed by atoms with Crippen molar-refractivity contribution in [1.29, 1.82) is 0 Å². The number of nitrogens with one attached hydrogen (secondary N) is 3. The van der Waals surface area contributed by atoms with Gasteiger partial charge in [0, 0.05) is 0 Å². The monoisotopic (exact) mass is 352 g/mol. The Morgan fingerprint density at radius 1 is 0.696 bits per heavy atom. The first-order valence-corrected chi connectivity index (χ1v) is 11.5. The van der Waals surface area contributed by atoms with Crippen LogP contribution in [0.2, 0.25) is 0 Å². The second-order valence-electron chi connectivity index (χ2n) is 6.22.